The first-order valence-corrected chi connectivity index (χ1v) is 5.96. The van der Waals surface area contributed by atoms with Crippen molar-refractivity contribution in [3.8, 4) is 0 Å². The zero-order valence-corrected chi connectivity index (χ0v) is 10.5. The Morgan fingerprint density at radius 3 is 2.69 bits per heavy atom. The smallest absolute Gasteiger partial charge is 0.246 e. The summed E-state index contributed by atoms with van der Waals surface area (Å²) >= 11 is 0. The van der Waals surface area contributed by atoms with Crippen LogP contribution in [0.1, 0.15) is 40.0 Å². The monoisotopic (exact) mass is 229 g/mol. The van der Waals surface area contributed by atoms with Gasteiger partial charge in [-0.3, -0.25) is 4.79 Å². The zero-order chi connectivity index (χ0) is 12.2. The minimum atomic E-state index is -0.288. The van der Waals surface area contributed by atoms with Crippen LogP contribution in [0.25, 0.3) is 0 Å². The molecule has 4 nitrogen and oxygen atoms in total. The van der Waals surface area contributed by atoms with E-state index in [-0.39, 0.29) is 36.7 Å². The predicted octanol–water partition coefficient (Wildman–Crippen LogP) is 1.08. The summed E-state index contributed by atoms with van der Waals surface area (Å²) in [6.07, 6.45) is 3.05. The van der Waals surface area contributed by atoms with Gasteiger partial charge < -0.3 is 15.2 Å². The van der Waals surface area contributed by atoms with Gasteiger partial charge in [0.25, 0.3) is 0 Å². The molecule has 1 fully saturated rings. The summed E-state index contributed by atoms with van der Waals surface area (Å²) in [5, 5.41) is 12.1. The van der Waals surface area contributed by atoms with E-state index in [1.54, 1.807) is 0 Å². The molecule has 0 spiro atoms. The van der Waals surface area contributed by atoms with Gasteiger partial charge in [0.05, 0.1) is 5.60 Å². The van der Waals surface area contributed by atoms with E-state index in [2.05, 4.69) is 5.32 Å². The molecule has 4 heteroatoms. The van der Waals surface area contributed by atoms with Gasteiger partial charge in [-0.2, -0.15) is 0 Å². The van der Waals surface area contributed by atoms with Crippen molar-refractivity contribution in [3.63, 3.8) is 0 Å². The van der Waals surface area contributed by atoms with Gasteiger partial charge in [-0.15, -0.1) is 0 Å². The maximum atomic E-state index is 11.6. The Bertz CT molecular complexity index is 235. The van der Waals surface area contributed by atoms with Gasteiger partial charge in [-0.25, -0.2) is 0 Å². The van der Waals surface area contributed by atoms with E-state index in [9.17, 15) is 4.79 Å². The molecule has 16 heavy (non-hydrogen) atoms. The standard InChI is InChI=1S/C12H23NO3/c1-12(2,3)16-8-11(15)13-10-6-4-5-9(10)7-14/h9-10,14H,4-8H2,1-3H3,(H,13,15). The molecule has 0 aromatic heterocycles. The molecule has 94 valence electrons. The van der Waals surface area contributed by atoms with Crippen molar-refractivity contribution in [1.82, 2.24) is 5.32 Å². The molecule has 0 aliphatic heterocycles. The van der Waals surface area contributed by atoms with Crippen molar-refractivity contribution in [2.24, 2.45) is 5.92 Å². The highest BCUT2D eigenvalue weighted by atomic mass is 16.5. The summed E-state index contributed by atoms with van der Waals surface area (Å²) in [6, 6.07) is 0.126. The van der Waals surface area contributed by atoms with Crippen molar-refractivity contribution >= 4 is 5.91 Å². The Kier molecular flexibility index (Phi) is 4.74. The van der Waals surface area contributed by atoms with E-state index in [1.807, 2.05) is 20.8 Å². The number of carbonyl (C=O) groups excluding carboxylic acids is 1. The molecular weight excluding hydrogens is 206 g/mol. The number of amides is 1. The molecule has 0 aromatic rings. The second-order valence-corrected chi connectivity index (χ2v) is 5.45. The first-order valence-electron chi connectivity index (χ1n) is 5.96. The number of nitrogens with one attached hydrogen (secondary N) is 1. The van der Waals surface area contributed by atoms with Crippen molar-refractivity contribution in [2.75, 3.05) is 13.2 Å². The summed E-state index contributed by atoms with van der Waals surface area (Å²) in [7, 11) is 0. The number of rotatable bonds is 4. The Morgan fingerprint density at radius 1 is 1.44 bits per heavy atom. The second-order valence-electron chi connectivity index (χ2n) is 5.45. The van der Waals surface area contributed by atoms with Crippen LogP contribution in [-0.4, -0.2) is 35.9 Å². The molecule has 0 saturated heterocycles. The minimum Gasteiger partial charge on any atom is -0.396 e. The third kappa shape index (κ3) is 4.49. The molecule has 2 atom stereocenters. The van der Waals surface area contributed by atoms with Crippen LogP contribution in [0.4, 0.5) is 0 Å². The van der Waals surface area contributed by atoms with Crippen LogP contribution < -0.4 is 5.32 Å². The molecule has 2 N–H and O–H groups in total. The van der Waals surface area contributed by atoms with Crippen molar-refractivity contribution in [3.05, 3.63) is 0 Å². The second kappa shape index (κ2) is 5.64. The van der Waals surface area contributed by atoms with Crippen LogP contribution in [0.15, 0.2) is 0 Å². The summed E-state index contributed by atoms with van der Waals surface area (Å²) in [4.78, 5) is 11.6. The Morgan fingerprint density at radius 2 is 2.12 bits per heavy atom. The highest BCUT2D eigenvalue weighted by Gasteiger charge is 2.28. The zero-order valence-electron chi connectivity index (χ0n) is 10.5. The largest absolute Gasteiger partial charge is 0.396 e. The minimum absolute atomic E-state index is 0.0831. The SMILES string of the molecule is CC(C)(C)OCC(=O)NC1CCCC1CO. The molecule has 0 heterocycles. The van der Waals surface area contributed by atoms with Gasteiger partial charge in [0.15, 0.2) is 0 Å². The fourth-order valence-electron chi connectivity index (χ4n) is 1.98. The fraction of sp³-hybridized carbons (Fsp3) is 0.917. The molecule has 1 rings (SSSR count). The molecule has 1 saturated carbocycles. The molecule has 0 bridgehead atoms. The summed E-state index contributed by atoms with van der Waals surface area (Å²) in [5.41, 5.74) is -0.288. The lowest BCUT2D eigenvalue weighted by atomic mass is 10.1. The molecular formula is C12H23NO3. The number of hydrogen-bond acceptors (Lipinski definition) is 3. The van der Waals surface area contributed by atoms with Gasteiger partial charge in [0, 0.05) is 18.6 Å². The highest BCUT2D eigenvalue weighted by Crippen LogP contribution is 2.24. The molecule has 1 aliphatic rings. The number of aliphatic hydroxyl groups is 1. The lowest BCUT2D eigenvalue weighted by Gasteiger charge is -2.22. The molecule has 0 aromatic carbocycles. The first-order chi connectivity index (χ1) is 7.42. The van der Waals surface area contributed by atoms with Crippen LogP contribution in [0, 0.1) is 5.92 Å². The predicted molar refractivity (Wildman–Crippen MR) is 62.1 cm³/mol. The van der Waals surface area contributed by atoms with E-state index >= 15 is 0 Å². The number of ether oxygens (including phenoxy) is 1. The van der Waals surface area contributed by atoms with E-state index in [4.69, 9.17) is 9.84 Å². The quantitative estimate of drug-likeness (QED) is 0.758. The maximum absolute atomic E-state index is 11.6. The first kappa shape index (κ1) is 13.5. The third-order valence-corrected chi connectivity index (χ3v) is 2.88. The molecule has 2 unspecified atom stereocenters. The molecule has 1 aliphatic carbocycles. The Labute approximate surface area is 97.4 Å². The fourth-order valence-corrected chi connectivity index (χ4v) is 1.98. The van der Waals surface area contributed by atoms with Gasteiger partial charge >= 0.3 is 0 Å². The van der Waals surface area contributed by atoms with Crippen LogP contribution in [-0.2, 0) is 9.53 Å². The van der Waals surface area contributed by atoms with Gasteiger partial charge in [-0.1, -0.05) is 6.42 Å². The van der Waals surface area contributed by atoms with Crippen molar-refractivity contribution < 1.29 is 14.6 Å². The number of carbonyl (C=O) groups is 1. The summed E-state index contributed by atoms with van der Waals surface area (Å²) in [5.74, 6) is 0.138. The van der Waals surface area contributed by atoms with E-state index in [0.29, 0.717) is 0 Å². The molecule has 1 amide bonds. The van der Waals surface area contributed by atoms with Crippen molar-refractivity contribution in [2.45, 2.75) is 51.7 Å². The highest BCUT2D eigenvalue weighted by molar-refractivity contribution is 5.77. The third-order valence-electron chi connectivity index (χ3n) is 2.88. The van der Waals surface area contributed by atoms with E-state index in [0.717, 1.165) is 19.3 Å². The Hall–Kier alpha value is -0.610. The topological polar surface area (TPSA) is 58.6 Å². The van der Waals surface area contributed by atoms with Gasteiger partial charge in [0.2, 0.25) is 5.91 Å². The number of aliphatic hydroxyl groups excluding tert-OH is 1. The van der Waals surface area contributed by atoms with Crippen molar-refractivity contribution in [1.29, 1.82) is 0 Å². The Balaban J connectivity index is 2.28. The van der Waals surface area contributed by atoms with E-state index in [1.165, 1.54) is 0 Å². The average molecular weight is 229 g/mol. The average Bonchev–Trinajstić information content (AvgIpc) is 2.61. The lowest BCUT2D eigenvalue weighted by molar-refractivity contribution is -0.131. The van der Waals surface area contributed by atoms with Crippen LogP contribution in [0.3, 0.4) is 0 Å². The normalized spacial score (nSPS) is 25.8. The molecule has 0 radical (unpaired) electrons. The van der Waals surface area contributed by atoms with Crippen LogP contribution in [0.2, 0.25) is 0 Å². The number of hydrogen-bond donors (Lipinski definition) is 2. The van der Waals surface area contributed by atoms with E-state index < -0.39 is 0 Å². The van der Waals surface area contributed by atoms with Crippen LogP contribution >= 0.6 is 0 Å². The van der Waals surface area contributed by atoms with Gasteiger partial charge in [-0.05, 0) is 33.6 Å². The summed E-state index contributed by atoms with van der Waals surface area (Å²) in [6.45, 7) is 6.02. The lowest BCUT2D eigenvalue weighted by Crippen LogP contribution is -2.41. The maximum Gasteiger partial charge on any atom is 0.246 e. The van der Waals surface area contributed by atoms with Gasteiger partial charge in [0.1, 0.15) is 6.61 Å². The van der Waals surface area contributed by atoms with Crippen LogP contribution in [0.5, 0.6) is 0 Å². The summed E-state index contributed by atoms with van der Waals surface area (Å²) < 4.78 is 5.40.